The van der Waals surface area contributed by atoms with Crippen LogP contribution >= 0.6 is 0 Å². The molecule has 0 unspecified atom stereocenters. The summed E-state index contributed by atoms with van der Waals surface area (Å²) in [4.78, 5) is 0. The van der Waals surface area contributed by atoms with E-state index in [1.165, 1.54) is 38.4 Å². The summed E-state index contributed by atoms with van der Waals surface area (Å²) >= 11 is 0. The second-order valence-electron chi connectivity index (χ2n) is 11.2. The van der Waals surface area contributed by atoms with Gasteiger partial charge in [0.25, 0.3) is 0 Å². The van der Waals surface area contributed by atoms with E-state index in [4.69, 9.17) is 0 Å². The maximum absolute atomic E-state index is 4.10. The van der Waals surface area contributed by atoms with Crippen LogP contribution in [0.1, 0.15) is 12.5 Å². The normalized spacial score (nSPS) is 12.2. The van der Waals surface area contributed by atoms with Gasteiger partial charge < -0.3 is 9.88 Å². The molecule has 0 aliphatic rings. The summed E-state index contributed by atoms with van der Waals surface area (Å²) in [5.74, 6) is 0. The molecule has 2 nitrogen and oxygen atoms in total. The van der Waals surface area contributed by atoms with Crippen molar-refractivity contribution in [2.75, 3.05) is 5.32 Å². The minimum absolute atomic E-state index is 1.05. The minimum Gasteiger partial charge on any atom is -0.355 e. The van der Waals surface area contributed by atoms with Crippen molar-refractivity contribution >= 4 is 33.9 Å². The van der Waals surface area contributed by atoms with Crippen molar-refractivity contribution in [1.82, 2.24) is 4.57 Å². The van der Waals surface area contributed by atoms with E-state index < -0.39 is 0 Å². The lowest BCUT2D eigenvalue weighted by atomic mass is 10.0. The van der Waals surface area contributed by atoms with Crippen LogP contribution in [-0.2, 0) is 0 Å². The van der Waals surface area contributed by atoms with E-state index in [1.54, 1.807) is 0 Å². The fourth-order valence-corrected chi connectivity index (χ4v) is 6.25. The van der Waals surface area contributed by atoms with Gasteiger partial charge in [-0.25, -0.2) is 0 Å². The number of hydrogen-bond acceptors (Lipinski definition) is 1. The Morgan fingerprint density at radius 1 is 0.600 bits per heavy atom. The standard InChI is InChI=1S/C43H34N2/c1-3-15-42-43(39-23-11-13-25-41(39)45(42)37-28-26-34(27-29-37)32-16-6-4-7-17-32)31(2)38-22-10-12-24-40(38)44-36-21-14-20-35(30-36)33-18-8-5-9-19-33/h3-30,44H,1H2,2H3/b42-15+,43-31+. The Hall–Kier alpha value is -5.86. The molecule has 45 heavy (non-hydrogen) atoms. The summed E-state index contributed by atoms with van der Waals surface area (Å²) in [6, 6.07) is 55.7. The quantitative estimate of drug-likeness (QED) is 0.199. The summed E-state index contributed by atoms with van der Waals surface area (Å²) in [5.41, 5.74) is 11.5. The molecule has 6 aromatic carbocycles. The Bertz CT molecular complexity index is 2240. The first-order chi connectivity index (χ1) is 22.2. The third-order valence-electron chi connectivity index (χ3n) is 8.37. The SMILES string of the molecule is C=C/C=c1\c(=C(/C)c2ccccc2Nc2cccc(-c3ccccc3)c2)c2ccccc2n1-c1ccc(-c2ccccc2)cc1. The third-order valence-corrected chi connectivity index (χ3v) is 8.37. The lowest BCUT2D eigenvalue weighted by molar-refractivity contribution is 1.07. The van der Waals surface area contributed by atoms with E-state index in [9.17, 15) is 0 Å². The smallest absolute Gasteiger partial charge is 0.0543 e. The van der Waals surface area contributed by atoms with Gasteiger partial charge >= 0.3 is 0 Å². The molecular formula is C43H34N2. The molecule has 0 atom stereocenters. The maximum Gasteiger partial charge on any atom is 0.0543 e. The fourth-order valence-electron chi connectivity index (χ4n) is 6.25. The Morgan fingerprint density at radius 3 is 1.93 bits per heavy atom. The molecule has 2 heteroatoms. The van der Waals surface area contributed by atoms with E-state index >= 15 is 0 Å². The van der Waals surface area contributed by atoms with Crippen molar-refractivity contribution in [2.45, 2.75) is 6.92 Å². The molecule has 1 heterocycles. The highest BCUT2D eigenvalue weighted by Crippen LogP contribution is 2.29. The number of allylic oxidation sites excluding steroid dienone is 1. The van der Waals surface area contributed by atoms with Crippen LogP contribution < -0.4 is 15.9 Å². The third kappa shape index (κ3) is 5.50. The maximum atomic E-state index is 4.10. The highest BCUT2D eigenvalue weighted by molar-refractivity contribution is 5.89. The zero-order chi connectivity index (χ0) is 30.6. The van der Waals surface area contributed by atoms with Crippen molar-refractivity contribution < 1.29 is 0 Å². The summed E-state index contributed by atoms with van der Waals surface area (Å²) in [6.45, 7) is 6.33. The summed E-state index contributed by atoms with van der Waals surface area (Å²) in [7, 11) is 0. The van der Waals surface area contributed by atoms with E-state index in [2.05, 4.69) is 187 Å². The highest BCUT2D eigenvalue weighted by Gasteiger charge is 2.14. The molecule has 0 radical (unpaired) electrons. The van der Waals surface area contributed by atoms with Crippen molar-refractivity contribution in [3.63, 3.8) is 0 Å². The monoisotopic (exact) mass is 578 g/mol. The number of fused-ring (bicyclic) bond motifs is 1. The molecule has 216 valence electrons. The number of nitrogens with one attached hydrogen (secondary N) is 1. The zero-order valence-electron chi connectivity index (χ0n) is 25.3. The molecule has 7 aromatic rings. The Morgan fingerprint density at radius 2 is 1.20 bits per heavy atom. The van der Waals surface area contributed by atoms with E-state index in [1.807, 2.05) is 6.08 Å². The highest BCUT2D eigenvalue weighted by atomic mass is 15.0. The molecule has 0 aliphatic heterocycles. The summed E-state index contributed by atoms with van der Waals surface area (Å²) in [6.07, 6.45) is 4.02. The topological polar surface area (TPSA) is 17.0 Å². The number of benzene rings is 6. The number of aromatic nitrogens is 1. The average Bonchev–Trinajstić information content (AvgIpc) is 3.43. The second kappa shape index (κ2) is 12.4. The largest absolute Gasteiger partial charge is 0.355 e. The molecule has 1 aromatic heterocycles. The predicted octanol–water partition coefficient (Wildman–Crippen LogP) is 9.89. The first-order valence-corrected chi connectivity index (χ1v) is 15.3. The van der Waals surface area contributed by atoms with Crippen molar-refractivity contribution in [3.05, 3.63) is 187 Å². The van der Waals surface area contributed by atoms with Crippen LogP contribution in [0.4, 0.5) is 11.4 Å². The lowest BCUT2D eigenvalue weighted by Crippen LogP contribution is -2.30. The molecule has 0 spiro atoms. The van der Waals surface area contributed by atoms with Gasteiger partial charge in [0.1, 0.15) is 0 Å². The van der Waals surface area contributed by atoms with Gasteiger partial charge in [0.05, 0.1) is 10.9 Å². The Balaban J connectivity index is 1.38. The van der Waals surface area contributed by atoms with Crippen LogP contribution in [0.2, 0.25) is 0 Å². The number of rotatable bonds is 7. The van der Waals surface area contributed by atoms with E-state index in [0.29, 0.717) is 0 Å². The van der Waals surface area contributed by atoms with Crippen molar-refractivity contribution in [3.8, 4) is 27.9 Å². The average molecular weight is 579 g/mol. The number of para-hydroxylation sites is 2. The molecule has 1 N–H and O–H groups in total. The van der Waals surface area contributed by atoms with Crippen LogP contribution in [0, 0.1) is 0 Å². The minimum atomic E-state index is 1.05. The molecule has 0 saturated carbocycles. The molecular weight excluding hydrogens is 544 g/mol. The van der Waals surface area contributed by atoms with Crippen molar-refractivity contribution in [1.29, 1.82) is 0 Å². The zero-order valence-corrected chi connectivity index (χ0v) is 25.3. The van der Waals surface area contributed by atoms with Gasteiger partial charge in [-0.2, -0.15) is 0 Å². The van der Waals surface area contributed by atoms with Crippen molar-refractivity contribution in [2.24, 2.45) is 0 Å². The van der Waals surface area contributed by atoms with Crippen LogP contribution in [-0.4, -0.2) is 4.57 Å². The molecule has 0 amide bonds. The Kier molecular flexibility index (Phi) is 7.70. The van der Waals surface area contributed by atoms with Gasteiger partial charge in [-0.15, -0.1) is 0 Å². The van der Waals surface area contributed by atoms with Gasteiger partial charge in [0.15, 0.2) is 0 Å². The molecule has 0 aliphatic carbocycles. The first-order valence-electron chi connectivity index (χ1n) is 15.3. The van der Waals surface area contributed by atoms with Crippen LogP contribution in [0.5, 0.6) is 0 Å². The van der Waals surface area contributed by atoms with Gasteiger partial charge in [0, 0.05) is 33.2 Å². The molecule has 7 rings (SSSR count). The van der Waals surface area contributed by atoms with Crippen LogP contribution in [0.15, 0.2) is 170 Å². The number of anilines is 2. The first kappa shape index (κ1) is 27.9. The lowest BCUT2D eigenvalue weighted by Gasteiger charge is -2.14. The number of hydrogen-bond donors (Lipinski definition) is 1. The predicted molar refractivity (Wildman–Crippen MR) is 192 cm³/mol. The summed E-state index contributed by atoms with van der Waals surface area (Å²) in [5, 5.41) is 7.25. The van der Waals surface area contributed by atoms with Crippen LogP contribution in [0.3, 0.4) is 0 Å². The Labute approximate surface area is 264 Å². The number of nitrogens with zero attached hydrogens (tertiary/aromatic N) is 1. The molecule has 0 bridgehead atoms. The summed E-state index contributed by atoms with van der Waals surface area (Å²) < 4.78 is 2.35. The van der Waals surface area contributed by atoms with Crippen LogP contribution in [0.25, 0.3) is 50.5 Å². The second-order valence-corrected chi connectivity index (χ2v) is 11.2. The van der Waals surface area contributed by atoms with E-state index in [0.717, 1.165) is 33.5 Å². The fraction of sp³-hybridized carbons (Fsp3) is 0.0233. The van der Waals surface area contributed by atoms with Gasteiger partial charge in [-0.3, -0.25) is 0 Å². The van der Waals surface area contributed by atoms with E-state index in [-0.39, 0.29) is 0 Å². The molecule has 0 saturated heterocycles. The van der Waals surface area contributed by atoms with Gasteiger partial charge in [-0.05, 0) is 77.2 Å². The van der Waals surface area contributed by atoms with Gasteiger partial charge in [-0.1, -0.05) is 134 Å². The molecule has 0 fully saturated rings. The van der Waals surface area contributed by atoms with Gasteiger partial charge in [0.2, 0.25) is 0 Å².